The molecule has 138 valence electrons. The van der Waals surface area contributed by atoms with E-state index in [2.05, 4.69) is 5.32 Å². The molecule has 2 fully saturated rings. The molecule has 0 bridgehead atoms. The Balaban J connectivity index is 1.42. The molecule has 5 nitrogen and oxygen atoms in total. The lowest BCUT2D eigenvalue weighted by Crippen LogP contribution is -2.41. The molecule has 5 heteroatoms. The number of anilines is 2. The van der Waals surface area contributed by atoms with E-state index in [1.807, 2.05) is 29.3 Å². The largest absolute Gasteiger partial charge is 0.397 e. The highest BCUT2D eigenvalue weighted by Crippen LogP contribution is 2.25. The fourth-order valence-corrected chi connectivity index (χ4v) is 3.83. The van der Waals surface area contributed by atoms with Crippen LogP contribution in [0.4, 0.5) is 11.4 Å². The van der Waals surface area contributed by atoms with Gasteiger partial charge < -0.3 is 15.9 Å². The summed E-state index contributed by atoms with van der Waals surface area (Å²) in [5.41, 5.74) is 7.77. The Morgan fingerprint density at radius 3 is 2.32 bits per heavy atom. The fourth-order valence-electron chi connectivity index (χ4n) is 3.83. The van der Waals surface area contributed by atoms with Crippen LogP contribution in [0.3, 0.4) is 0 Å². The van der Waals surface area contributed by atoms with Crippen molar-refractivity contribution in [2.75, 3.05) is 24.1 Å². The number of benzene rings is 1. The average molecular weight is 345 g/mol. The van der Waals surface area contributed by atoms with E-state index >= 15 is 0 Å². The molecule has 1 aliphatic carbocycles. The fraction of sp³-hybridized carbons (Fsp3) is 0.650. The van der Waals surface area contributed by atoms with Crippen LogP contribution < -0.4 is 11.1 Å². The van der Waals surface area contributed by atoms with Gasteiger partial charge in [0.2, 0.25) is 0 Å². The summed E-state index contributed by atoms with van der Waals surface area (Å²) < 4.78 is 0. The third-order valence-corrected chi connectivity index (χ3v) is 5.43. The van der Waals surface area contributed by atoms with Crippen LogP contribution in [-0.4, -0.2) is 30.2 Å². The third kappa shape index (κ3) is 5.36. The van der Waals surface area contributed by atoms with Crippen LogP contribution in [0, 0.1) is 5.92 Å². The van der Waals surface area contributed by atoms with E-state index in [0.29, 0.717) is 6.04 Å². The first-order valence-electron chi connectivity index (χ1n) is 9.80. The van der Waals surface area contributed by atoms with Crippen molar-refractivity contribution < 1.29 is 9.63 Å². The van der Waals surface area contributed by atoms with Crippen LogP contribution in [0.5, 0.6) is 0 Å². The van der Waals surface area contributed by atoms with Gasteiger partial charge in [0.05, 0.1) is 17.3 Å². The Bertz CT molecular complexity index is 548. The van der Waals surface area contributed by atoms with E-state index in [9.17, 15) is 4.79 Å². The summed E-state index contributed by atoms with van der Waals surface area (Å²) >= 11 is 0. The molecule has 0 atom stereocenters. The zero-order valence-corrected chi connectivity index (χ0v) is 15.1. The summed E-state index contributed by atoms with van der Waals surface area (Å²) in [6.07, 6.45) is 10.0. The van der Waals surface area contributed by atoms with Crippen molar-refractivity contribution in [1.29, 1.82) is 0 Å². The molecule has 0 aromatic heterocycles. The summed E-state index contributed by atoms with van der Waals surface area (Å²) in [6, 6.07) is 8.23. The topological polar surface area (TPSA) is 67.6 Å². The van der Waals surface area contributed by atoms with Crippen molar-refractivity contribution in [3.63, 3.8) is 0 Å². The van der Waals surface area contributed by atoms with Gasteiger partial charge in [0, 0.05) is 19.1 Å². The van der Waals surface area contributed by atoms with Crippen molar-refractivity contribution in [3.05, 3.63) is 24.3 Å². The number of piperidine rings is 1. The molecule has 1 heterocycles. The summed E-state index contributed by atoms with van der Waals surface area (Å²) in [5.74, 6) is 0.0841. The first-order valence-corrected chi connectivity index (χ1v) is 9.80. The maximum atomic E-state index is 12.5. The standard InChI is InChI=1S/C20H31N3O2/c21-18-10-6-7-11-19(18)22-17-12-14-23(15-13-17)25-20(24)16-8-4-2-1-3-5-9-16/h6-7,10-11,16-17,22H,1-5,8-9,12-15,21H2. The molecule has 1 saturated heterocycles. The van der Waals surface area contributed by atoms with Gasteiger partial charge in [-0.05, 0) is 37.8 Å². The molecule has 1 aromatic rings. The van der Waals surface area contributed by atoms with E-state index in [1.165, 1.54) is 19.3 Å². The Morgan fingerprint density at radius 1 is 1.00 bits per heavy atom. The number of hydrogen-bond acceptors (Lipinski definition) is 5. The molecular formula is C20H31N3O2. The van der Waals surface area contributed by atoms with Gasteiger partial charge in [0.1, 0.15) is 0 Å². The number of nitrogens with zero attached hydrogens (tertiary/aromatic N) is 1. The quantitative estimate of drug-likeness (QED) is 0.808. The first-order chi connectivity index (χ1) is 12.2. The van der Waals surface area contributed by atoms with Gasteiger partial charge in [0.15, 0.2) is 0 Å². The average Bonchev–Trinajstić information content (AvgIpc) is 2.58. The Morgan fingerprint density at radius 2 is 1.64 bits per heavy atom. The SMILES string of the molecule is Nc1ccccc1NC1CCN(OC(=O)C2CCCCCCC2)CC1. The number of nitrogen functional groups attached to an aromatic ring is 1. The molecule has 2 aliphatic rings. The highest BCUT2D eigenvalue weighted by Gasteiger charge is 2.26. The molecule has 0 radical (unpaired) electrons. The van der Waals surface area contributed by atoms with Crippen molar-refractivity contribution in [3.8, 4) is 0 Å². The minimum Gasteiger partial charge on any atom is -0.397 e. The molecule has 0 spiro atoms. The predicted octanol–water partition coefficient (Wildman–Crippen LogP) is 3.96. The van der Waals surface area contributed by atoms with E-state index in [4.69, 9.17) is 10.6 Å². The second kappa shape index (κ2) is 9.09. The maximum Gasteiger partial charge on any atom is 0.328 e. The number of nitrogens with two attached hydrogens (primary N) is 1. The molecular weight excluding hydrogens is 314 g/mol. The maximum absolute atomic E-state index is 12.5. The van der Waals surface area contributed by atoms with Gasteiger partial charge in [-0.2, -0.15) is 0 Å². The summed E-state index contributed by atoms with van der Waals surface area (Å²) in [5, 5.41) is 5.36. The molecule has 0 amide bonds. The third-order valence-electron chi connectivity index (χ3n) is 5.43. The van der Waals surface area contributed by atoms with Crippen LogP contribution in [-0.2, 0) is 9.63 Å². The van der Waals surface area contributed by atoms with Crippen LogP contribution in [0.25, 0.3) is 0 Å². The Hall–Kier alpha value is -1.75. The number of hydrogen-bond donors (Lipinski definition) is 2. The lowest BCUT2D eigenvalue weighted by atomic mass is 9.91. The minimum atomic E-state index is -0.0133. The van der Waals surface area contributed by atoms with Crippen LogP contribution in [0.1, 0.15) is 57.8 Å². The number of carbonyl (C=O) groups excluding carboxylic acids is 1. The summed E-state index contributed by atoms with van der Waals surface area (Å²) in [7, 11) is 0. The van der Waals surface area contributed by atoms with Gasteiger partial charge >= 0.3 is 5.97 Å². The molecule has 1 saturated carbocycles. The second-order valence-electron chi connectivity index (χ2n) is 7.39. The summed E-state index contributed by atoms with van der Waals surface area (Å²) in [4.78, 5) is 18.1. The minimum absolute atomic E-state index is 0.0133. The van der Waals surface area contributed by atoms with Gasteiger partial charge in [-0.1, -0.05) is 44.2 Å². The zero-order chi connectivity index (χ0) is 17.5. The van der Waals surface area contributed by atoms with E-state index < -0.39 is 0 Å². The van der Waals surface area contributed by atoms with Crippen LogP contribution >= 0.6 is 0 Å². The monoisotopic (exact) mass is 345 g/mol. The lowest BCUT2D eigenvalue weighted by molar-refractivity contribution is -0.200. The van der Waals surface area contributed by atoms with E-state index in [1.54, 1.807) is 0 Å². The molecule has 1 aliphatic heterocycles. The smallest absolute Gasteiger partial charge is 0.328 e. The van der Waals surface area contributed by atoms with Gasteiger partial charge in [-0.15, -0.1) is 5.06 Å². The van der Waals surface area contributed by atoms with Crippen LogP contribution in [0.2, 0.25) is 0 Å². The number of nitrogens with one attached hydrogen (secondary N) is 1. The number of carbonyl (C=O) groups is 1. The number of para-hydroxylation sites is 2. The highest BCUT2D eigenvalue weighted by molar-refractivity contribution is 5.72. The second-order valence-corrected chi connectivity index (χ2v) is 7.39. The highest BCUT2D eigenvalue weighted by atomic mass is 16.7. The normalized spacial score (nSPS) is 21.3. The molecule has 1 aromatic carbocycles. The first kappa shape index (κ1) is 18.1. The van der Waals surface area contributed by atoms with E-state index in [-0.39, 0.29) is 11.9 Å². The van der Waals surface area contributed by atoms with Gasteiger partial charge in [-0.25, -0.2) is 0 Å². The molecule has 3 rings (SSSR count). The van der Waals surface area contributed by atoms with E-state index in [0.717, 1.165) is 63.0 Å². The van der Waals surface area contributed by atoms with Crippen molar-refractivity contribution in [2.45, 2.75) is 63.8 Å². The molecule has 0 unspecified atom stereocenters. The number of rotatable bonds is 4. The summed E-state index contributed by atoms with van der Waals surface area (Å²) in [6.45, 7) is 1.56. The van der Waals surface area contributed by atoms with Crippen molar-refractivity contribution in [1.82, 2.24) is 5.06 Å². The van der Waals surface area contributed by atoms with Crippen LogP contribution in [0.15, 0.2) is 24.3 Å². The van der Waals surface area contributed by atoms with Gasteiger partial charge in [-0.3, -0.25) is 4.79 Å². The lowest BCUT2D eigenvalue weighted by Gasteiger charge is -2.32. The zero-order valence-electron chi connectivity index (χ0n) is 15.1. The Labute approximate surface area is 150 Å². The Kier molecular flexibility index (Phi) is 6.56. The van der Waals surface area contributed by atoms with Crippen molar-refractivity contribution >= 4 is 17.3 Å². The predicted molar refractivity (Wildman–Crippen MR) is 101 cm³/mol. The molecule has 3 N–H and O–H groups in total. The molecule has 25 heavy (non-hydrogen) atoms. The number of hydroxylamine groups is 2. The van der Waals surface area contributed by atoms with Crippen molar-refractivity contribution in [2.24, 2.45) is 5.92 Å². The van der Waals surface area contributed by atoms with Gasteiger partial charge in [0.25, 0.3) is 0 Å².